The van der Waals surface area contributed by atoms with Crippen molar-refractivity contribution < 1.29 is 19.0 Å². The Balaban J connectivity index is 1.12. The minimum Gasteiger partial charge on any atom is -0.497 e. The molecular weight excluding hydrogens is 416 g/mol. The lowest BCUT2D eigenvalue weighted by molar-refractivity contribution is -0.147. The van der Waals surface area contributed by atoms with Crippen molar-refractivity contribution in [3.63, 3.8) is 0 Å². The number of piperazine rings is 1. The highest BCUT2D eigenvalue weighted by Crippen LogP contribution is 2.62. The van der Waals surface area contributed by atoms with Gasteiger partial charge < -0.3 is 19.1 Å². The molecular formula is C27H38N2O4. The molecule has 0 aromatic heterocycles. The summed E-state index contributed by atoms with van der Waals surface area (Å²) in [6, 6.07) is 8.74. The Morgan fingerprint density at radius 2 is 1.97 bits per heavy atom. The molecule has 5 fully saturated rings. The van der Waals surface area contributed by atoms with Crippen molar-refractivity contribution >= 4 is 11.7 Å². The highest BCUT2D eigenvalue weighted by molar-refractivity contribution is 5.75. The number of carbonyl (C=O) groups excluding carboxylic acids is 1. The SMILES string of the molecule is COc1ccc(N2CCN(C[C@H]3C(=O)O[C@@H]4C[C@@]5(C)CCC[C@]6(CO6)[C@H]5C[C@H]43)C[C@H]2C)cc1. The molecule has 180 valence electrons. The van der Waals surface area contributed by atoms with Gasteiger partial charge in [0.1, 0.15) is 11.9 Å². The molecule has 3 aliphatic heterocycles. The monoisotopic (exact) mass is 454 g/mol. The number of ether oxygens (including phenoxy) is 3. The molecule has 7 atom stereocenters. The Labute approximate surface area is 197 Å². The van der Waals surface area contributed by atoms with Crippen molar-refractivity contribution in [3.05, 3.63) is 24.3 Å². The number of rotatable bonds is 4. The van der Waals surface area contributed by atoms with Gasteiger partial charge in [0.15, 0.2) is 0 Å². The van der Waals surface area contributed by atoms with E-state index in [1.54, 1.807) is 7.11 Å². The van der Waals surface area contributed by atoms with Gasteiger partial charge in [0, 0.05) is 43.8 Å². The number of hydrogen-bond acceptors (Lipinski definition) is 6. The van der Waals surface area contributed by atoms with E-state index in [1.807, 2.05) is 12.1 Å². The third kappa shape index (κ3) is 3.65. The molecule has 0 unspecified atom stereocenters. The number of anilines is 1. The lowest BCUT2D eigenvalue weighted by atomic mass is 9.53. The lowest BCUT2D eigenvalue weighted by Crippen LogP contribution is -2.54. The molecule has 2 aliphatic carbocycles. The van der Waals surface area contributed by atoms with Gasteiger partial charge >= 0.3 is 5.97 Å². The average molecular weight is 455 g/mol. The van der Waals surface area contributed by atoms with Gasteiger partial charge in [-0.25, -0.2) is 0 Å². The summed E-state index contributed by atoms with van der Waals surface area (Å²) >= 11 is 0. The summed E-state index contributed by atoms with van der Waals surface area (Å²) < 4.78 is 17.4. The first-order valence-corrected chi connectivity index (χ1v) is 12.9. The molecule has 5 aliphatic rings. The van der Waals surface area contributed by atoms with Crippen LogP contribution < -0.4 is 9.64 Å². The molecule has 6 rings (SSSR count). The van der Waals surface area contributed by atoms with E-state index in [4.69, 9.17) is 14.2 Å². The number of epoxide rings is 1. The van der Waals surface area contributed by atoms with Crippen LogP contribution in [-0.2, 0) is 14.3 Å². The van der Waals surface area contributed by atoms with E-state index < -0.39 is 0 Å². The first-order chi connectivity index (χ1) is 15.9. The molecule has 6 nitrogen and oxygen atoms in total. The fourth-order valence-corrected chi connectivity index (χ4v) is 7.80. The molecule has 0 radical (unpaired) electrons. The van der Waals surface area contributed by atoms with Crippen LogP contribution in [0.1, 0.15) is 46.0 Å². The second-order valence-corrected chi connectivity index (χ2v) is 11.6. The predicted octanol–water partition coefficient (Wildman–Crippen LogP) is 3.73. The van der Waals surface area contributed by atoms with E-state index in [2.05, 4.69) is 35.8 Å². The maximum Gasteiger partial charge on any atom is 0.310 e. The highest BCUT2D eigenvalue weighted by atomic mass is 16.6. The van der Waals surface area contributed by atoms with Gasteiger partial charge in [-0.1, -0.05) is 6.92 Å². The maximum absolute atomic E-state index is 13.0. The topological polar surface area (TPSA) is 54.5 Å². The quantitative estimate of drug-likeness (QED) is 0.510. The number of fused-ring (bicyclic) bond motifs is 3. The minimum atomic E-state index is 0.0111. The normalized spacial score (nSPS) is 42.6. The fraction of sp³-hybridized carbons (Fsp3) is 0.741. The minimum absolute atomic E-state index is 0.0111. The van der Waals surface area contributed by atoms with Gasteiger partial charge in [0.25, 0.3) is 0 Å². The Hall–Kier alpha value is -1.79. The van der Waals surface area contributed by atoms with Gasteiger partial charge in [-0.3, -0.25) is 9.69 Å². The molecule has 1 spiro atoms. The molecule has 0 bridgehead atoms. The van der Waals surface area contributed by atoms with Crippen LogP contribution in [0.2, 0.25) is 0 Å². The second kappa shape index (κ2) is 7.88. The van der Waals surface area contributed by atoms with E-state index in [1.165, 1.54) is 24.9 Å². The maximum atomic E-state index is 13.0. The van der Waals surface area contributed by atoms with E-state index in [0.717, 1.165) is 51.4 Å². The Bertz CT molecular complexity index is 900. The number of methoxy groups -OCH3 is 1. The zero-order valence-electron chi connectivity index (χ0n) is 20.3. The summed E-state index contributed by atoms with van der Waals surface area (Å²) in [6.07, 6.45) is 5.93. The summed E-state index contributed by atoms with van der Waals surface area (Å²) in [4.78, 5) is 18.0. The van der Waals surface area contributed by atoms with Gasteiger partial charge in [-0.15, -0.1) is 0 Å². The average Bonchev–Trinajstić information content (AvgIpc) is 3.51. The molecule has 0 amide bonds. The van der Waals surface area contributed by atoms with E-state index in [9.17, 15) is 4.79 Å². The van der Waals surface area contributed by atoms with Gasteiger partial charge in [0.05, 0.1) is 25.2 Å². The molecule has 6 heteroatoms. The number of carbonyl (C=O) groups is 1. The van der Waals surface area contributed by atoms with E-state index in [-0.39, 0.29) is 29.0 Å². The zero-order chi connectivity index (χ0) is 22.8. The van der Waals surface area contributed by atoms with Crippen molar-refractivity contribution in [2.24, 2.45) is 23.2 Å². The smallest absolute Gasteiger partial charge is 0.310 e. The lowest BCUT2D eigenvalue weighted by Gasteiger charge is -2.51. The van der Waals surface area contributed by atoms with Crippen LogP contribution in [0.15, 0.2) is 24.3 Å². The summed E-state index contributed by atoms with van der Waals surface area (Å²) in [5.74, 6) is 1.88. The van der Waals surface area contributed by atoms with Crippen LogP contribution >= 0.6 is 0 Å². The molecule has 0 N–H and O–H groups in total. The number of benzene rings is 1. The number of nitrogens with zero attached hydrogens (tertiary/aromatic N) is 2. The molecule has 3 heterocycles. The van der Waals surface area contributed by atoms with Crippen LogP contribution in [0.25, 0.3) is 0 Å². The molecule has 3 saturated heterocycles. The standard InChI is InChI=1S/C27H38N2O4/c1-18-15-28(11-12-29(18)19-5-7-20(31-3)8-6-19)16-22-21-13-24-26(2,14-23(21)33-25(22)30)9-4-10-27(24)17-32-27/h5-8,18,21-24H,4,9-17H2,1-3H3/t18-,21+,22-,23-,24+,26-,27+/m1/s1. The van der Waals surface area contributed by atoms with Crippen molar-refractivity contribution in [2.75, 3.05) is 44.8 Å². The first-order valence-electron chi connectivity index (χ1n) is 12.9. The Morgan fingerprint density at radius 3 is 2.67 bits per heavy atom. The molecule has 33 heavy (non-hydrogen) atoms. The summed E-state index contributed by atoms with van der Waals surface area (Å²) in [6.45, 7) is 9.40. The summed E-state index contributed by atoms with van der Waals surface area (Å²) in [7, 11) is 1.70. The third-order valence-corrected chi connectivity index (χ3v) is 9.65. The van der Waals surface area contributed by atoms with Gasteiger partial charge in [-0.05, 0) is 74.6 Å². The van der Waals surface area contributed by atoms with Crippen LogP contribution in [0.5, 0.6) is 5.75 Å². The van der Waals surface area contributed by atoms with Crippen LogP contribution in [0, 0.1) is 23.2 Å². The van der Waals surface area contributed by atoms with Crippen molar-refractivity contribution in [3.8, 4) is 5.75 Å². The fourth-order valence-electron chi connectivity index (χ4n) is 7.80. The van der Waals surface area contributed by atoms with Crippen LogP contribution in [-0.4, -0.2) is 68.5 Å². The number of esters is 1. The molecule has 1 aromatic rings. The van der Waals surface area contributed by atoms with Gasteiger partial charge in [-0.2, -0.15) is 0 Å². The zero-order valence-corrected chi connectivity index (χ0v) is 20.3. The van der Waals surface area contributed by atoms with Crippen molar-refractivity contribution in [1.82, 2.24) is 4.90 Å². The Morgan fingerprint density at radius 1 is 1.18 bits per heavy atom. The third-order valence-electron chi connectivity index (χ3n) is 9.65. The first kappa shape index (κ1) is 21.7. The number of hydrogen-bond donors (Lipinski definition) is 0. The second-order valence-electron chi connectivity index (χ2n) is 11.6. The highest BCUT2D eigenvalue weighted by Gasteiger charge is 2.65. The Kier molecular flexibility index (Phi) is 5.18. The van der Waals surface area contributed by atoms with Crippen LogP contribution in [0.3, 0.4) is 0 Å². The van der Waals surface area contributed by atoms with Crippen molar-refractivity contribution in [1.29, 1.82) is 0 Å². The largest absolute Gasteiger partial charge is 0.497 e. The summed E-state index contributed by atoms with van der Waals surface area (Å²) in [5.41, 5.74) is 1.62. The van der Waals surface area contributed by atoms with Crippen molar-refractivity contribution in [2.45, 2.75) is 63.7 Å². The predicted molar refractivity (Wildman–Crippen MR) is 126 cm³/mol. The molecule has 1 aromatic carbocycles. The molecule has 2 saturated carbocycles. The van der Waals surface area contributed by atoms with Crippen LogP contribution in [0.4, 0.5) is 5.69 Å². The van der Waals surface area contributed by atoms with E-state index >= 15 is 0 Å². The van der Waals surface area contributed by atoms with Gasteiger partial charge in [0.2, 0.25) is 0 Å². The summed E-state index contributed by atoms with van der Waals surface area (Å²) in [5, 5.41) is 0. The van der Waals surface area contributed by atoms with E-state index in [0.29, 0.717) is 17.9 Å².